The molecule has 9 nitrogen and oxygen atoms in total. The monoisotopic (exact) mass is 379 g/mol. The van der Waals surface area contributed by atoms with Crippen LogP contribution in [-0.4, -0.2) is 32.9 Å². The summed E-state index contributed by atoms with van der Waals surface area (Å²) < 4.78 is 14.2. The molecule has 0 atom stereocenters. The maximum absolute atomic E-state index is 12.9. The third-order valence-corrected chi connectivity index (χ3v) is 4.36. The van der Waals surface area contributed by atoms with Crippen LogP contribution in [-0.2, 0) is 20.1 Å². The molecule has 0 saturated heterocycles. The van der Waals surface area contributed by atoms with E-state index in [2.05, 4.69) is 10.9 Å². The Labute approximate surface area is 160 Å². The first-order valence-corrected chi connectivity index (χ1v) is 8.21. The van der Waals surface area contributed by atoms with E-state index in [1.807, 2.05) is 6.07 Å². The lowest BCUT2D eigenvalue weighted by molar-refractivity contribution is 0.355. The molecule has 3 aromatic rings. The summed E-state index contributed by atoms with van der Waals surface area (Å²) in [5, 5.41) is 9.11. The number of terminal acetylenes is 1. The number of aromatic nitrogens is 4. The van der Waals surface area contributed by atoms with Crippen LogP contribution in [0.25, 0.3) is 22.6 Å². The molecule has 9 heteroatoms. The average Bonchev–Trinajstić information content (AvgIpc) is 3.05. The van der Waals surface area contributed by atoms with Crippen molar-refractivity contribution in [2.45, 2.75) is 13.1 Å². The lowest BCUT2D eigenvalue weighted by Gasteiger charge is -2.09. The summed E-state index contributed by atoms with van der Waals surface area (Å²) in [5.41, 5.74) is -0.287. The molecule has 0 radical (unpaired) electrons. The van der Waals surface area contributed by atoms with E-state index in [4.69, 9.17) is 21.2 Å². The number of hydrogen-bond donors (Lipinski definition) is 0. The van der Waals surface area contributed by atoms with Crippen LogP contribution in [0.3, 0.4) is 0 Å². The Kier molecular flexibility index (Phi) is 4.92. The molecule has 28 heavy (non-hydrogen) atoms. The lowest BCUT2D eigenvalue weighted by atomic mass is 10.2. The predicted octanol–water partition coefficient (Wildman–Crippen LogP) is 0.738. The highest BCUT2D eigenvalue weighted by atomic mass is 16.5. The van der Waals surface area contributed by atoms with Crippen molar-refractivity contribution in [1.29, 1.82) is 5.26 Å². The van der Waals surface area contributed by atoms with Gasteiger partial charge in [-0.25, -0.2) is 14.3 Å². The highest BCUT2D eigenvalue weighted by Crippen LogP contribution is 2.32. The van der Waals surface area contributed by atoms with E-state index in [1.165, 1.54) is 14.2 Å². The van der Waals surface area contributed by atoms with Gasteiger partial charge in [-0.15, -0.1) is 6.42 Å². The first kappa shape index (κ1) is 18.8. The number of aryl methyl sites for hydroxylation is 1. The molecule has 0 fully saturated rings. The van der Waals surface area contributed by atoms with Crippen molar-refractivity contribution in [1.82, 2.24) is 18.7 Å². The summed E-state index contributed by atoms with van der Waals surface area (Å²) in [7, 11) is 4.70. The van der Waals surface area contributed by atoms with Gasteiger partial charge in [0.2, 0.25) is 0 Å². The van der Waals surface area contributed by atoms with E-state index in [0.717, 1.165) is 9.13 Å². The second-order valence-corrected chi connectivity index (χ2v) is 5.86. The zero-order chi connectivity index (χ0) is 20.4. The molecule has 142 valence electrons. The minimum Gasteiger partial charge on any atom is -0.493 e. The predicted molar refractivity (Wildman–Crippen MR) is 102 cm³/mol. The van der Waals surface area contributed by atoms with E-state index in [-0.39, 0.29) is 24.3 Å². The van der Waals surface area contributed by atoms with E-state index in [1.54, 1.807) is 29.8 Å². The molecular formula is C19H17N5O4. The molecule has 0 saturated carbocycles. The number of nitrogens with zero attached hydrogens (tertiary/aromatic N) is 5. The molecule has 0 spiro atoms. The zero-order valence-electron chi connectivity index (χ0n) is 15.6. The van der Waals surface area contributed by atoms with Crippen LogP contribution < -0.4 is 20.7 Å². The number of ether oxygens (including phenoxy) is 2. The quantitative estimate of drug-likeness (QED) is 0.606. The van der Waals surface area contributed by atoms with Gasteiger partial charge in [0, 0.05) is 12.6 Å². The molecule has 0 N–H and O–H groups in total. The van der Waals surface area contributed by atoms with Gasteiger partial charge in [-0.2, -0.15) is 5.26 Å². The van der Waals surface area contributed by atoms with Gasteiger partial charge in [0.1, 0.15) is 12.4 Å². The normalized spacial score (nSPS) is 10.5. The van der Waals surface area contributed by atoms with Gasteiger partial charge in [-0.1, -0.05) is 5.92 Å². The number of imidazole rings is 1. The number of methoxy groups -OCH3 is 2. The van der Waals surface area contributed by atoms with Gasteiger partial charge >= 0.3 is 5.69 Å². The summed E-state index contributed by atoms with van der Waals surface area (Å²) in [6.07, 6.45) is 5.29. The van der Waals surface area contributed by atoms with Crippen molar-refractivity contribution >= 4 is 11.2 Å². The minimum atomic E-state index is -0.672. The van der Waals surface area contributed by atoms with Crippen LogP contribution in [0.1, 0.15) is 0 Å². The average molecular weight is 379 g/mol. The maximum Gasteiger partial charge on any atom is 0.334 e. The zero-order valence-corrected chi connectivity index (χ0v) is 15.6. The molecule has 3 rings (SSSR count). The van der Waals surface area contributed by atoms with Crippen LogP contribution in [0.5, 0.6) is 11.5 Å². The summed E-state index contributed by atoms with van der Waals surface area (Å²) in [6, 6.07) is 7.11. The molecular weight excluding hydrogens is 362 g/mol. The Morgan fingerprint density at radius 2 is 1.86 bits per heavy atom. The number of nitriles is 1. The van der Waals surface area contributed by atoms with Crippen molar-refractivity contribution in [3.8, 4) is 41.3 Å². The maximum atomic E-state index is 12.9. The number of hydrogen-bond acceptors (Lipinski definition) is 6. The van der Waals surface area contributed by atoms with E-state index < -0.39 is 11.2 Å². The number of benzene rings is 1. The summed E-state index contributed by atoms with van der Waals surface area (Å²) in [5.74, 6) is 3.76. The Bertz CT molecular complexity index is 1270. The fraction of sp³-hybridized carbons (Fsp3) is 0.263. The molecule has 0 bridgehead atoms. The first-order chi connectivity index (χ1) is 13.5. The highest BCUT2D eigenvalue weighted by molar-refractivity contribution is 5.77. The fourth-order valence-corrected chi connectivity index (χ4v) is 3.04. The molecule has 0 aliphatic carbocycles. The van der Waals surface area contributed by atoms with Gasteiger partial charge in [0.25, 0.3) is 5.56 Å². The van der Waals surface area contributed by atoms with Crippen LogP contribution in [0, 0.1) is 23.7 Å². The van der Waals surface area contributed by atoms with Crippen molar-refractivity contribution in [2.24, 2.45) is 7.05 Å². The largest absolute Gasteiger partial charge is 0.493 e. The fourth-order valence-electron chi connectivity index (χ4n) is 3.04. The van der Waals surface area contributed by atoms with Crippen LogP contribution in [0.15, 0.2) is 27.8 Å². The Morgan fingerprint density at radius 1 is 1.14 bits per heavy atom. The number of rotatable bonds is 5. The summed E-state index contributed by atoms with van der Waals surface area (Å²) in [6.45, 7) is -0.460. The van der Waals surface area contributed by atoms with Crippen molar-refractivity contribution in [3.05, 3.63) is 39.0 Å². The lowest BCUT2D eigenvalue weighted by Crippen LogP contribution is -2.40. The van der Waals surface area contributed by atoms with E-state index >= 15 is 0 Å². The molecule has 0 unspecified atom stereocenters. The standard InChI is InChI=1S/C19H17N5O4/c1-5-9-24-18(25)15-17(23(10-8-20)19(24)26)21-16(22(15)2)12-6-7-13(27-3)14(11-12)28-4/h1,6-7,11H,9-10H2,2-4H3. The van der Waals surface area contributed by atoms with E-state index in [0.29, 0.717) is 22.9 Å². The molecule has 2 heterocycles. The van der Waals surface area contributed by atoms with Gasteiger partial charge in [-0.3, -0.25) is 9.36 Å². The Morgan fingerprint density at radius 3 is 2.46 bits per heavy atom. The SMILES string of the molecule is C#CCn1c(=O)c2c(nc(-c3ccc(OC)c(OC)c3)n2C)n(CC#N)c1=O. The van der Waals surface area contributed by atoms with Crippen molar-refractivity contribution in [2.75, 3.05) is 14.2 Å². The molecule has 1 aromatic carbocycles. The first-order valence-electron chi connectivity index (χ1n) is 8.21. The molecule has 2 aromatic heterocycles. The van der Waals surface area contributed by atoms with Crippen LogP contribution in [0.2, 0.25) is 0 Å². The molecule has 0 aliphatic rings. The summed E-state index contributed by atoms with van der Waals surface area (Å²) in [4.78, 5) is 29.9. The Balaban J connectivity index is 2.38. The second kappa shape index (κ2) is 7.33. The van der Waals surface area contributed by atoms with Crippen LogP contribution in [0.4, 0.5) is 0 Å². The smallest absolute Gasteiger partial charge is 0.334 e. The molecule has 0 aliphatic heterocycles. The van der Waals surface area contributed by atoms with Crippen LogP contribution >= 0.6 is 0 Å². The van der Waals surface area contributed by atoms with Crippen molar-refractivity contribution < 1.29 is 9.47 Å². The highest BCUT2D eigenvalue weighted by Gasteiger charge is 2.21. The van der Waals surface area contributed by atoms with E-state index in [9.17, 15) is 9.59 Å². The van der Waals surface area contributed by atoms with Gasteiger partial charge in [0.15, 0.2) is 22.7 Å². The third-order valence-electron chi connectivity index (χ3n) is 4.36. The molecule has 0 amide bonds. The number of fused-ring (bicyclic) bond motifs is 1. The van der Waals surface area contributed by atoms with Gasteiger partial charge < -0.3 is 14.0 Å². The summed E-state index contributed by atoms with van der Waals surface area (Å²) >= 11 is 0. The topological polar surface area (TPSA) is 104 Å². The minimum absolute atomic E-state index is 0.122. The van der Waals surface area contributed by atoms with Gasteiger partial charge in [0.05, 0.1) is 26.8 Å². The van der Waals surface area contributed by atoms with Crippen molar-refractivity contribution in [3.63, 3.8) is 0 Å². The second-order valence-electron chi connectivity index (χ2n) is 5.86. The third kappa shape index (κ3) is 2.79. The Hall–Kier alpha value is -3.98. The van der Waals surface area contributed by atoms with Gasteiger partial charge in [-0.05, 0) is 18.2 Å².